The summed E-state index contributed by atoms with van der Waals surface area (Å²) in [6.45, 7) is 1.74. The summed E-state index contributed by atoms with van der Waals surface area (Å²) in [5.74, 6) is -0.378. The number of aromatic nitrogens is 1. The minimum Gasteiger partial charge on any atom is -0.326 e. The fourth-order valence-electron chi connectivity index (χ4n) is 2.62. The van der Waals surface area contributed by atoms with Crippen molar-refractivity contribution in [3.8, 4) is 0 Å². The summed E-state index contributed by atoms with van der Waals surface area (Å²) in [6, 6.07) is 13.7. The van der Waals surface area contributed by atoms with Crippen LogP contribution in [0.15, 0.2) is 53.3 Å². The molecule has 0 saturated carbocycles. The Morgan fingerprint density at radius 1 is 1.04 bits per heavy atom. The van der Waals surface area contributed by atoms with Crippen LogP contribution in [-0.4, -0.2) is 16.7 Å². The van der Waals surface area contributed by atoms with Crippen LogP contribution in [0.4, 0.5) is 5.69 Å². The lowest BCUT2D eigenvalue weighted by Crippen LogP contribution is -2.14. The van der Waals surface area contributed by atoms with Crippen molar-refractivity contribution in [2.24, 2.45) is 0 Å². The molecule has 0 radical (unpaired) electrons. The predicted octanol–water partition coefficient (Wildman–Crippen LogP) is 4.09. The third-order valence-corrected chi connectivity index (χ3v) is 4.31. The summed E-state index contributed by atoms with van der Waals surface area (Å²) in [6.07, 6.45) is 0.182. The fourth-order valence-corrected chi connectivity index (χ4v) is 2.74. The second-order valence-electron chi connectivity index (χ2n) is 6.06. The monoisotopic (exact) mass is 368 g/mol. The first-order valence-corrected chi connectivity index (χ1v) is 8.52. The van der Waals surface area contributed by atoms with Gasteiger partial charge in [0.05, 0.1) is 5.52 Å². The first-order valence-electron chi connectivity index (χ1n) is 8.15. The van der Waals surface area contributed by atoms with Gasteiger partial charge < -0.3 is 10.3 Å². The second-order valence-corrected chi connectivity index (χ2v) is 6.50. The van der Waals surface area contributed by atoms with Crippen molar-refractivity contribution in [1.29, 1.82) is 0 Å². The molecule has 3 aromatic rings. The Kier molecular flexibility index (Phi) is 5.19. The van der Waals surface area contributed by atoms with Crippen molar-refractivity contribution >= 4 is 39.9 Å². The molecule has 0 bridgehead atoms. The molecule has 0 aliphatic carbocycles. The van der Waals surface area contributed by atoms with E-state index in [0.29, 0.717) is 27.4 Å². The maximum Gasteiger partial charge on any atom is 0.251 e. The van der Waals surface area contributed by atoms with Crippen LogP contribution in [0.3, 0.4) is 0 Å². The lowest BCUT2D eigenvalue weighted by Gasteiger charge is -2.07. The number of ketones is 1. The van der Waals surface area contributed by atoms with Gasteiger partial charge in [0.25, 0.3) is 5.56 Å². The van der Waals surface area contributed by atoms with Gasteiger partial charge in [-0.1, -0.05) is 17.7 Å². The topological polar surface area (TPSA) is 79.0 Å². The molecule has 6 heteroatoms. The molecule has 5 nitrogen and oxygen atoms in total. The molecule has 132 valence electrons. The maximum absolute atomic E-state index is 12.1. The number of carbonyl (C=O) groups is 2. The van der Waals surface area contributed by atoms with Crippen LogP contribution in [0.5, 0.6) is 0 Å². The van der Waals surface area contributed by atoms with Gasteiger partial charge in [-0.2, -0.15) is 0 Å². The van der Waals surface area contributed by atoms with Crippen LogP contribution in [0.1, 0.15) is 28.8 Å². The molecule has 1 aromatic heterocycles. The summed E-state index contributed by atoms with van der Waals surface area (Å²) >= 11 is 5.80. The van der Waals surface area contributed by atoms with Crippen molar-refractivity contribution in [1.82, 2.24) is 4.98 Å². The summed E-state index contributed by atoms with van der Waals surface area (Å²) < 4.78 is 0. The van der Waals surface area contributed by atoms with E-state index in [9.17, 15) is 14.4 Å². The molecule has 2 aromatic carbocycles. The Bertz CT molecular complexity index is 1040. The van der Waals surface area contributed by atoms with E-state index in [1.807, 2.05) is 6.07 Å². The number of halogens is 1. The highest BCUT2D eigenvalue weighted by molar-refractivity contribution is 6.30. The van der Waals surface area contributed by atoms with E-state index in [1.54, 1.807) is 49.4 Å². The van der Waals surface area contributed by atoms with Crippen LogP contribution in [0, 0.1) is 6.92 Å². The van der Waals surface area contributed by atoms with E-state index in [2.05, 4.69) is 10.3 Å². The number of fused-ring (bicyclic) bond motifs is 1. The van der Waals surface area contributed by atoms with Gasteiger partial charge in [-0.3, -0.25) is 14.4 Å². The number of hydrogen-bond acceptors (Lipinski definition) is 3. The van der Waals surface area contributed by atoms with Crippen molar-refractivity contribution < 1.29 is 9.59 Å². The molecule has 0 aliphatic rings. The minimum absolute atomic E-state index is 0.0733. The summed E-state index contributed by atoms with van der Waals surface area (Å²) in [5, 5.41) is 4.20. The number of aromatic amines is 1. The van der Waals surface area contributed by atoms with Crippen LogP contribution < -0.4 is 10.9 Å². The molecule has 0 aliphatic heterocycles. The zero-order valence-electron chi connectivity index (χ0n) is 14.1. The van der Waals surface area contributed by atoms with Crippen LogP contribution in [-0.2, 0) is 4.79 Å². The van der Waals surface area contributed by atoms with E-state index < -0.39 is 0 Å². The quantitative estimate of drug-likeness (QED) is 0.665. The highest BCUT2D eigenvalue weighted by Gasteiger charge is 2.10. The van der Waals surface area contributed by atoms with Gasteiger partial charge in [0.15, 0.2) is 5.78 Å². The van der Waals surface area contributed by atoms with E-state index in [0.717, 1.165) is 5.39 Å². The Morgan fingerprint density at radius 2 is 1.77 bits per heavy atom. The molecule has 1 heterocycles. The van der Waals surface area contributed by atoms with Gasteiger partial charge in [0.1, 0.15) is 0 Å². The molecule has 2 N–H and O–H groups in total. The van der Waals surface area contributed by atoms with Crippen molar-refractivity contribution in [3.63, 3.8) is 0 Å². The summed E-state index contributed by atoms with van der Waals surface area (Å²) in [5.41, 5.74) is 2.22. The van der Waals surface area contributed by atoms with E-state index in [-0.39, 0.29) is 30.1 Å². The number of nitrogens with one attached hydrogen (secondary N) is 2. The Labute approximate surface area is 155 Å². The van der Waals surface area contributed by atoms with Gasteiger partial charge in [-0.25, -0.2) is 0 Å². The molecular weight excluding hydrogens is 352 g/mol. The summed E-state index contributed by atoms with van der Waals surface area (Å²) in [7, 11) is 0. The van der Waals surface area contributed by atoms with Crippen molar-refractivity contribution in [2.45, 2.75) is 19.8 Å². The second kappa shape index (κ2) is 7.54. The Morgan fingerprint density at radius 3 is 2.50 bits per heavy atom. The van der Waals surface area contributed by atoms with E-state index in [1.165, 1.54) is 0 Å². The standard InChI is InChI=1S/C20H17ClN2O3/c1-12-10-14-4-7-16(11-17(14)23-20(12)26)22-19(25)9-8-18(24)13-2-5-15(21)6-3-13/h2-7,10-11H,8-9H2,1H3,(H,22,25)(H,23,26). The highest BCUT2D eigenvalue weighted by atomic mass is 35.5. The van der Waals surface area contributed by atoms with E-state index >= 15 is 0 Å². The minimum atomic E-state index is -0.263. The molecule has 0 saturated heterocycles. The third kappa shape index (κ3) is 4.18. The number of H-pyrrole nitrogens is 1. The molecule has 0 atom stereocenters. The lowest BCUT2D eigenvalue weighted by molar-refractivity contribution is -0.116. The number of carbonyl (C=O) groups excluding carboxylic acids is 2. The summed E-state index contributed by atoms with van der Waals surface area (Å²) in [4.78, 5) is 38.7. The van der Waals surface area contributed by atoms with Gasteiger partial charge >= 0.3 is 0 Å². The Balaban J connectivity index is 1.63. The van der Waals surface area contributed by atoms with Crippen LogP contribution >= 0.6 is 11.6 Å². The zero-order chi connectivity index (χ0) is 18.7. The number of benzene rings is 2. The zero-order valence-corrected chi connectivity index (χ0v) is 14.9. The van der Waals surface area contributed by atoms with Crippen LogP contribution in [0.2, 0.25) is 5.02 Å². The number of amides is 1. The van der Waals surface area contributed by atoms with Crippen molar-refractivity contribution in [2.75, 3.05) is 5.32 Å². The molecule has 0 unspecified atom stereocenters. The molecule has 26 heavy (non-hydrogen) atoms. The molecular formula is C20H17ClN2O3. The van der Waals surface area contributed by atoms with Crippen molar-refractivity contribution in [3.05, 3.63) is 75.0 Å². The highest BCUT2D eigenvalue weighted by Crippen LogP contribution is 2.18. The molecule has 3 rings (SSSR count). The SMILES string of the molecule is Cc1cc2ccc(NC(=O)CCC(=O)c3ccc(Cl)cc3)cc2[nH]c1=O. The first kappa shape index (κ1) is 17.9. The fraction of sp³-hybridized carbons (Fsp3) is 0.150. The van der Waals surface area contributed by atoms with Gasteiger partial charge in [0.2, 0.25) is 5.91 Å². The van der Waals surface area contributed by atoms with Gasteiger partial charge in [-0.05, 0) is 54.8 Å². The third-order valence-electron chi connectivity index (χ3n) is 4.06. The number of pyridine rings is 1. The van der Waals surface area contributed by atoms with Gasteiger partial charge in [-0.15, -0.1) is 0 Å². The number of aryl methyl sites for hydroxylation is 1. The van der Waals surface area contributed by atoms with Gasteiger partial charge in [0, 0.05) is 34.7 Å². The molecule has 0 fully saturated rings. The predicted molar refractivity (Wildman–Crippen MR) is 103 cm³/mol. The first-order chi connectivity index (χ1) is 12.4. The lowest BCUT2D eigenvalue weighted by atomic mass is 10.1. The average molecular weight is 369 g/mol. The van der Waals surface area contributed by atoms with Crippen LogP contribution in [0.25, 0.3) is 10.9 Å². The largest absolute Gasteiger partial charge is 0.326 e. The maximum atomic E-state index is 12.1. The Hall–Kier alpha value is -2.92. The normalized spacial score (nSPS) is 10.7. The average Bonchev–Trinajstić information content (AvgIpc) is 2.61. The number of Topliss-reactive ketones (excluding diaryl/α,β-unsaturated/α-hetero) is 1. The molecule has 0 spiro atoms. The number of anilines is 1. The number of rotatable bonds is 5. The smallest absolute Gasteiger partial charge is 0.251 e. The molecule has 1 amide bonds. The number of hydrogen-bond donors (Lipinski definition) is 2. The van der Waals surface area contributed by atoms with E-state index in [4.69, 9.17) is 11.6 Å².